The SMILES string of the molecule is COc1cccc(C2(CC(=O)N3CCCCC3C)CC(=O)N(CCN(C)C)C2=O)c1. The summed E-state index contributed by atoms with van der Waals surface area (Å²) in [6, 6.07) is 7.38. The second-order valence-corrected chi connectivity index (χ2v) is 8.75. The van der Waals surface area contributed by atoms with E-state index in [0.717, 1.165) is 19.3 Å². The Morgan fingerprint density at radius 1 is 1.27 bits per heavy atom. The molecule has 0 bridgehead atoms. The van der Waals surface area contributed by atoms with E-state index in [0.29, 0.717) is 30.9 Å². The van der Waals surface area contributed by atoms with Crippen molar-refractivity contribution < 1.29 is 19.1 Å². The van der Waals surface area contributed by atoms with Gasteiger partial charge in [0.1, 0.15) is 5.75 Å². The summed E-state index contributed by atoms with van der Waals surface area (Å²) >= 11 is 0. The lowest BCUT2D eigenvalue weighted by molar-refractivity contribution is -0.143. The summed E-state index contributed by atoms with van der Waals surface area (Å²) in [7, 11) is 5.38. The van der Waals surface area contributed by atoms with E-state index >= 15 is 0 Å². The Balaban J connectivity index is 1.96. The fraction of sp³-hybridized carbons (Fsp3) is 0.609. The van der Waals surface area contributed by atoms with E-state index in [-0.39, 0.29) is 36.6 Å². The first kappa shape index (κ1) is 22.3. The number of ether oxygens (including phenoxy) is 1. The summed E-state index contributed by atoms with van der Waals surface area (Å²) in [4.78, 5) is 45.0. The number of likely N-dealkylation sites (tertiary alicyclic amines) is 2. The third kappa shape index (κ3) is 4.36. The lowest BCUT2D eigenvalue weighted by Crippen LogP contribution is -2.47. The topological polar surface area (TPSA) is 70.2 Å². The van der Waals surface area contributed by atoms with Crippen molar-refractivity contribution in [2.75, 3.05) is 40.8 Å². The molecule has 2 atom stereocenters. The molecule has 3 rings (SSSR count). The molecule has 3 amide bonds. The van der Waals surface area contributed by atoms with Crippen molar-refractivity contribution in [3.05, 3.63) is 29.8 Å². The second kappa shape index (κ2) is 9.16. The van der Waals surface area contributed by atoms with Crippen molar-refractivity contribution in [3.63, 3.8) is 0 Å². The van der Waals surface area contributed by atoms with Gasteiger partial charge in [0.25, 0.3) is 0 Å². The fourth-order valence-electron chi connectivity index (χ4n) is 4.54. The Bertz CT molecular complexity index is 809. The smallest absolute Gasteiger partial charge is 0.240 e. The summed E-state index contributed by atoms with van der Waals surface area (Å²) in [6.45, 7) is 3.68. The minimum Gasteiger partial charge on any atom is -0.497 e. The number of methoxy groups -OCH3 is 1. The highest BCUT2D eigenvalue weighted by molar-refractivity contribution is 6.10. The van der Waals surface area contributed by atoms with E-state index in [9.17, 15) is 14.4 Å². The molecule has 2 saturated heterocycles. The molecular weight excluding hydrogens is 382 g/mol. The highest BCUT2D eigenvalue weighted by Crippen LogP contribution is 2.41. The molecule has 7 heteroatoms. The third-order valence-corrected chi connectivity index (χ3v) is 6.38. The zero-order chi connectivity index (χ0) is 21.9. The number of carbonyl (C=O) groups excluding carboxylic acids is 3. The largest absolute Gasteiger partial charge is 0.497 e. The minimum atomic E-state index is -1.17. The van der Waals surface area contributed by atoms with Crippen LogP contribution in [0.2, 0.25) is 0 Å². The van der Waals surface area contributed by atoms with Gasteiger partial charge < -0.3 is 14.5 Å². The number of hydrogen-bond acceptors (Lipinski definition) is 5. The number of nitrogens with zero attached hydrogens (tertiary/aromatic N) is 3. The number of piperidine rings is 1. The van der Waals surface area contributed by atoms with E-state index in [4.69, 9.17) is 4.74 Å². The maximum atomic E-state index is 13.6. The van der Waals surface area contributed by atoms with Crippen LogP contribution in [-0.4, -0.2) is 79.3 Å². The van der Waals surface area contributed by atoms with Crippen LogP contribution in [0, 0.1) is 0 Å². The molecule has 1 aromatic carbocycles. The van der Waals surface area contributed by atoms with E-state index in [1.165, 1.54) is 4.90 Å². The van der Waals surface area contributed by atoms with Gasteiger partial charge in [-0.15, -0.1) is 0 Å². The summed E-state index contributed by atoms with van der Waals surface area (Å²) < 4.78 is 5.35. The first-order valence-corrected chi connectivity index (χ1v) is 10.7. The van der Waals surface area contributed by atoms with Gasteiger partial charge >= 0.3 is 0 Å². The van der Waals surface area contributed by atoms with Crippen LogP contribution in [0.3, 0.4) is 0 Å². The Hall–Kier alpha value is -2.41. The number of carbonyl (C=O) groups is 3. The van der Waals surface area contributed by atoms with Crippen molar-refractivity contribution in [2.45, 2.75) is 50.5 Å². The Morgan fingerprint density at radius 3 is 2.70 bits per heavy atom. The van der Waals surface area contributed by atoms with Crippen LogP contribution in [0.4, 0.5) is 0 Å². The molecule has 0 aromatic heterocycles. The lowest BCUT2D eigenvalue weighted by atomic mass is 9.75. The number of likely N-dealkylation sites (N-methyl/N-ethyl adjacent to an activating group) is 1. The van der Waals surface area contributed by atoms with Crippen molar-refractivity contribution in [1.82, 2.24) is 14.7 Å². The highest BCUT2D eigenvalue weighted by atomic mass is 16.5. The maximum Gasteiger partial charge on any atom is 0.240 e. The van der Waals surface area contributed by atoms with Gasteiger partial charge in [0, 0.05) is 38.5 Å². The molecular formula is C23H33N3O4. The molecule has 0 saturated carbocycles. The Morgan fingerprint density at radius 2 is 2.03 bits per heavy atom. The molecule has 2 unspecified atom stereocenters. The van der Waals surface area contributed by atoms with E-state index < -0.39 is 5.41 Å². The fourth-order valence-corrected chi connectivity index (χ4v) is 4.54. The molecule has 2 aliphatic rings. The lowest BCUT2D eigenvalue weighted by Gasteiger charge is -2.36. The quantitative estimate of drug-likeness (QED) is 0.638. The highest BCUT2D eigenvalue weighted by Gasteiger charge is 2.54. The van der Waals surface area contributed by atoms with Gasteiger partial charge in [0.15, 0.2) is 0 Å². The molecule has 7 nitrogen and oxygen atoms in total. The zero-order valence-electron chi connectivity index (χ0n) is 18.5. The van der Waals surface area contributed by atoms with Gasteiger partial charge in [-0.1, -0.05) is 12.1 Å². The molecule has 0 aliphatic carbocycles. The van der Waals surface area contributed by atoms with E-state index in [2.05, 4.69) is 6.92 Å². The van der Waals surface area contributed by atoms with Crippen LogP contribution in [-0.2, 0) is 19.8 Å². The standard InChI is InChI=1S/C23H33N3O4/c1-17-8-5-6-11-25(17)20(27)15-23(18-9-7-10-19(14-18)30-4)16-21(28)26(22(23)29)13-12-24(2)3/h7,9-10,14,17H,5-6,8,11-13,15-16H2,1-4H3. The number of benzene rings is 1. The number of amides is 3. The van der Waals surface area contributed by atoms with Crippen LogP contribution in [0.25, 0.3) is 0 Å². The number of hydrogen-bond donors (Lipinski definition) is 0. The molecule has 2 fully saturated rings. The summed E-state index contributed by atoms with van der Waals surface area (Å²) in [5.41, 5.74) is -0.503. The van der Waals surface area contributed by atoms with Gasteiger partial charge in [0.2, 0.25) is 17.7 Å². The molecule has 0 radical (unpaired) electrons. The first-order chi connectivity index (χ1) is 14.3. The third-order valence-electron chi connectivity index (χ3n) is 6.38. The number of rotatable bonds is 7. The Labute approximate surface area is 179 Å². The summed E-state index contributed by atoms with van der Waals surface area (Å²) in [5, 5.41) is 0. The van der Waals surface area contributed by atoms with Crippen LogP contribution >= 0.6 is 0 Å². The zero-order valence-corrected chi connectivity index (χ0v) is 18.5. The molecule has 1 aromatic rings. The van der Waals surface area contributed by atoms with Gasteiger partial charge in [-0.05, 0) is 58.0 Å². The van der Waals surface area contributed by atoms with Crippen molar-refractivity contribution in [1.29, 1.82) is 0 Å². The average molecular weight is 416 g/mol. The molecule has 0 N–H and O–H groups in total. The molecule has 30 heavy (non-hydrogen) atoms. The van der Waals surface area contributed by atoms with E-state index in [1.54, 1.807) is 19.2 Å². The molecule has 164 valence electrons. The van der Waals surface area contributed by atoms with Crippen molar-refractivity contribution in [2.24, 2.45) is 0 Å². The van der Waals surface area contributed by atoms with Crippen molar-refractivity contribution >= 4 is 17.7 Å². The van der Waals surface area contributed by atoms with Gasteiger partial charge in [-0.3, -0.25) is 19.3 Å². The maximum absolute atomic E-state index is 13.6. The van der Waals surface area contributed by atoms with Crippen LogP contribution in [0.5, 0.6) is 5.75 Å². The first-order valence-electron chi connectivity index (χ1n) is 10.7. The minimum absolute atomic E-state index is 0.00749. The predicted octanol–water partition coefficient (Wildman–Crippen LogP) is 2.04. The van der Waals surface area contributed by atoms with E-state index in [1.807, 2.05) is 36.0 Å². The second-order valence-electron chi connectivity index (χ2n) is 8.75. The predicted molar refractivity (Wildman–Crippen MR) is 114 cm³/mol. The van der Waals surface area contributed by atoms with Gasteiger partial charge in [0.05, 0.1) is 12.5 Å². The van der Waals surface area contributed by atoms with Crippen LogP contribution in [0.15, 0.2) is 24.3 Å². The van der Waals surface area contributed by atoms with Crippen molar-refractivity contribution in [3.8, 4) is 5.75 Å². The molecule has 2 aliphatic heterocycles. The normalized spacial score (nSPS) is 24.6. The van der Waals surface area contributed by atoms with Crippen LogP contribution < -0.4 is 4.74 Å². The van der Waals surface area contributed by atoms with Gasteiger partial charge in [-0.25, -0.2) is 0 Å². The Kier molecular flexibility index (Phi) is 6.81. The molecule has 0 spiro atoms. The van der Waals surface area contributed by atoms with Crippen LogP contribution in [0.1, 0.15) is 44.6 Å². The number of imide groups is 1. The average Bonchev–Trinajstić information content (AvgIpc) is 2.96. The monoisotopic (exact) mass is 415 g/mol. The summed E-state index contributed by atoms with van der Waals surface area (Å²) in [6.07, 6.45) is 3.08. The summed E-state index contributed by atoms with van der Waals surface area (Å²) in [5.74, 6) is 0.0584. The molecule has 2 heterocycles. The van der Waals surface area contributed by atoms with Gasteiger partial charge in [-0.2, -0.15) is 0 Å².